The predicted molar refractivity (Wildman–Crippen MR) is 302 cm³/mol. The van der Waals surface area contributed by atoms with E-state index >= 15 is 0 Å². The van der Waals surface area contributed by atoms with Crippen LogP contribution in [0.3, 0.4) is 0 Å². The second-order valence-electron chi connectivity index (χ2n) is 19.3. The first-order valence-corrected chi connectivity index (χ1v) is 24.7. The summed E-state index contributed by atoms with van der Waals surface area (Å²) in [6, 6.07) is 97.9. The highest BCUT2D eigenvalue weighted by atomic mass is 15.2. The maximum absolute atomic E-state index is 2.54. The van der Waals surface area contributed by atoms with Crippen LogP contribution in [-0.2, 0) is 5.41 Å². The van der Waals surface area contributed by atoms with Crippen LogP contribution in [0.1, 0.15) is 25.0 Å². The monoisotopic (exact) mass is 906 g/mol. The van der Waals surface area contributed by atoms with Crippen molar-refractivity contribution in [1.29, 1.82) is 0 Å². The molecule has 0 N–H and O–H groups in total. The van der Waals surface area contributed by atoms with E-state index < -0.39 is 0 Å². The number of nitrogens with zero attached hydrogens (tertiary/aromatic N) is 2. The molecule has 0 unspecified atom stereocenters. The summed E-state index contributed by atoms with van der Waals surface area (Å²) < 4.78 is 0. The standard InChI is InChI=1S/C69H50N2/c1-69(2)64-30-16-15-25-58(64)59-45-44-56(46-65(59)69)71(66-31-17-23-51-22-9-10-24-57(51)66)68-62-28-13-11-26-60(62)67(61-27-12-14-29-63(61)68)52-36-42-55(43-37-52)70(53-38-32-49(33-39-53)47-18-5-3-6-19-47)54-40-34-50(35-41-54)48-20-7-4-8-21-48/h3-46H,1-2H3. The minimum Gasteiger partial charge on any atom is -0.311 e. The van der Waals surface area contributed by atoms with E-state index in [2.05, 4.69) is 291 Å². The van der Waals surface area contributed by atoms with Crippen LogP contribution in [0.4, 0.5) is 34.1 Å². The third kappa shape index (κ3) is 7.18. The topological polar surface area (TPSA) is 6.48 Å². The van der Waals surface area contributed by atoms with Crippen molar-refractivity contribution in [3.8, 4) is 44.5 Å². The Morgan fingerprint density at radius 1 is 0.282 bits per heavy atom. The number of benzene rings is 12. The van der Waals surface area contributed by atoms with Gasteiger partial charge in [-0.2, -0.15) is 0 Å². The molecule has 13 rings (SSSR count). The van der Waals surface area contributed by atoms with Gasteiger partial charge in [0.15, 0.2) is 0 Å². The van der Waals surface area contributed by atoms with Crippen molar-refractivity contribution in [2.45, 2.75) is 19.3 Å². The lowest BCUT2D eigenvalue weighted by Crippen LogP contribution is -2.17. The number of rotatable bonds is 9. The molecule has 12 aromatic rings. The van der Waals surface area contributed by atoms with E-state index in [1.165, 1.54) is 93.6 Å². The van der Waals surface area contributed by atoms with Crippen molar-refractivity contribution in [3.05, 3.63) is 278 Å². The molecule has 0 saturated heterocycles. The Balaban J connectivity index is 0.976. The third-order valence-electron chi connectivity index (χ3n) is 14.8. The predicted octanol–water partition coefficient (Wildman–Crippen LogP) is 19.4. The van der Waals surface area contributed by atoms with Crippen LogP contribution in [-0.4, -0.2) is 0 Å². The maximum atomic E-state index is 2.54. The van der Waals surface area contributed by atoms with Gasteiger partial charge in [-0.25, -0.2) is 0 Å². The molecular weight excluding hydrogens is 857 g/mol. The van der Waals surface area contributed by atoms with Crippen LogP contribution in [0.2, 0.25) is 0 Å². The maximum Gasteiger partial charge on any atom is 0.0619 e. The molecule has 0 spiro atoms. The Morgan fingerprint density at radius 2 is 0.704 bits per heavy atom. The van der Waals surface area contributed by atoms with Crippen LogP contribution in [0.15, 0.2) is 267 Å². The highest BCUT2D eigenvalue weighted by molar-refractivity contribution is 6.23. The number of hydrogen-bond donors (Lipinski definition) is 0. The van der Waals surface area contributed by atoms with Crippen molar-refractivity contribution in [2.75, 3.05) is 9.80 Å². The van der Waals surface area contributed by atoms with Crippen molar-refractivity contribution >= 4 is 66.4 Å². The average molecular weight is 907 g/mol. The molecule has 2 nitrogen and oxygen atoms in total. The Kier molecular flexibility index (Phi) is 10.2. The molecule has 0 atom stereocenters. The van der Waals surface area contributed by atoms with Gasteiger partial charge in [0.25, 0.3) is 0 Å². The second kappa shape index (κ2) is 17.2. The first-order chi connectivity index (χ1) is 35.0. The van der Waals surface area contributed by atoms with Crippen LogP contribution < -0.4 is 9.80 Å². The van der Waals surface area contributed by atoms with Crippen molar-refractivity contribution in [3.63, 3.8) is 0 Å². The van der Waals surface area contributed by atoms with E-state index in [1.54, 1.807) is 0 Å². The fourth-order valence-electron chi connectivity index (χ4n) is 11.4. The van der Waals surface area contributed by atoms with Gasteiger partial charge in [0, 0.05) is 44.3 Å². The molecular formula is C69H50N2. The molecule has 0 saturated carbocycles. The van der Waals surface area contributed by atoms with Crippen LogP contribution in [0, 0.1) is 0 Å². The molecule has 0 fully saturated rings. The van der Waals surface area contributed by atoms with Gasteiger partial charge in [0.05, 0.1) is 11.4 Å². The summed E-state index contributed by atoms with van der Waals surface area (Å²) in [6.45, 7) is 4.74. The summed E-state index contributed by atoms with van der Waals surface area (Å²) in [5.41, 5.74) is 19.1. The molecule has 12 aromatic carbocycles. The quantitative estimate of drug-likeness (QED) is 0.133. The molecule has 0 heterocycles. The zero-order valence-corrected chi connectivity index (χ0v) is 39.8. The molecule has 0 bridgehead atoms. The van der Waals surface area contributed by atoms with E-state index in [-0.39, 0.29) is 5.41 Å². The molecule has 1 aliphatic rings. The van der Waals surface area contributed by atoms with E-state index in [4.69, 9.17) is 0 Å². The molecule has 0 radical (unpaired) electrons. The number of fused-ring (bicyclic) bond motifs is 6. The largest absolute Gasteiger partial charge is 0.311 e. The molecule has 0 aromatic heterocycles. The van der Waals surface area contributed by atoms with Crippen LogP contribution in [0.25, 0.3) is 76.8 Å². The molecule has 71 heavy (non-hydrogen) atoms. The Labute approximate surface area is 416 Å². The fraction of sp³-hybridized carbons (Fsp3) is 0.0435. The number of hydrogen-bond acceptors (Lipinski definition) is 2. The highest BCUT2D eigenvalue weighted by Gasteiger charge is 2.36. The van der Waals surface area contributed by atoms with E-state index in [1.807, 2.05) is 0 Å². The second-order valence-corrected chi connectivity index (χ2v) is 19.3. The summed E-state index contributed by atoms with van der Waals surface area (Å²) >= 11 is 0. The van der Waals surface area contributed by atoms with Gasteiger partial charge < -0.3 is 9.80 Å². The Morgan fingerprint density at radius 3 is 1.28 bits per heavy atom. The van der Waals surface area contributed by atoms with E-state index in [0.29, 0.717) is 0 Å². The highest BCUT2D eigenvalue weighted by Crippen LogP contribution is 2.54. The summed E-state index contributed by atoms with van der Waals surface area (Å²) in [4.78, 5) is 4.91. The SMILES string of the molecule is CC1(C)c2ccccc2-c2ccc(N(c3cccc4ccccc34)c3c4ccccc4c(-c4ccc(N(c5ccc(-c6ccccc6)cc5)c5ccc(-c6ccccc6)cc5)cc4)c4ccccc34)cc21. The summed E-state index contributed by atoms with van der Waals surface area (Å²) in [5, 5.41) is 7.22. The van der Waals surface area contributed by atoms with Crippen molar-refractivity contribution < 1.29 is 0 Å². The van der Waals surface area contributed by atoms with E-state index in [9.17, 15) is 0 Å². The summed E-state index contributed by atoms with van der Waals surface area (Å²) in [7, 11) is 0. The van der Waals surface area contributed by atoms with E-state index in [0.717, 1.165) is 28.4 Å². The van der Waals surface area contributed by atoms with Gasteiger partial charge in [0.2, 0.25) is 0 Å². The fourth-order valence-corrected chi connectivity index (χ4v) is 11.4. The van der Waals surface area contributed by atoms with Gasteiger partial charge in [-0.1, -0.05) is 226 Å². The minimum absolute atomic E-state index is 0.153. The van der Waals surface area contributed by atoms with Crippen LogP contribution in [0.5, 0.6) is 0 Å². The molecule has 1 aliphatic carbocycles. The Bertz CT molecular complexity index is 3780. The van der Waals surface area contributed by atoms with Crippen LogP contribution >= 0.6 is 0 Å². The molecule has 336 valence electrons. The number of anilines is 6. The van der Waals surface area contributed by atoms with Gasteiger partial charge >= 0.3 is 0 Å². The summed E-state index contributed by atoms with van der Waals surface area (Å²) in [5.74, 6) is 0. The van der Waals surface area contributed by atoms with Gasteiger partial charge in [-0.15, -0.1) is 0 Å². The van der Waals surface area contributed by atoms with Gasteiger partial charge in [-0.3, -0.25) is 0 Å². The zero-order chi connectivity index (χ0) is 47.5. The molecule has 0 amide bonds. The first-order valence-electron chi connectivity index (χ1n) is 24.7. The normalized spacial score (nSPS) is 12.5. The van der Waals surface area contributed by atoms with Gasteiger partial charge in [0.1, 0.15) is 0 Å². The Hall–Kier alpha value is -8.98. The molecule has 2 heteroatoms. The summed E-state index contributed by atoms with van der Waals surface area (Å²) in [6.07, 6.45) is 0. The lowest BCUT2D eigenvalue weighted by Gasteiger charge is -2.32. The average Bonchev–Trinajstić information content (AvgIpc) is 3.67. The van der Waals surface area contributed by atoms with Gasteiger partial charge in [-0.05, 0) is 126 Å². The van der Waals surface area contributed by atoms with Crippen molar-refractivity contribution in [1.82, 2.24) is 0 Å². The third-order valence-corrected chi connectivity index (χ3v) is 14.8. The van der Waals surface area contributed by atoms with Crippen molar-refractivity contribution in [2.24, 2.45) is 0 Å². The lowest BCUT2D eigenvalue weighted by molar-refractivity contribution is 0.660. The smallest absolute Gasteiger partial charge is 0.0619 e. The first kappa shape index (κ1) is 42.1. The minimum atomic E-state index is -0.153. The lowest BCUT2D eigenvalue weighted by atomic mass is 9.82. The zero-order valence-electron chi connectivity index (χ0n) is 39.8. The molecule has 0 aliphatic heterocycles.